The van der Waals surface area contributed by atoms with Crippen LogP contribution >= 0.6 is 0 Å². The third-order valence-corrected chi connectivity index (χ3v) is 2.64. The second-order valence-corrected chi connectivity index (χ2v) is 4.49. The van der Waals surface area contributed by atoms with Crippen molar-refractivity contribution in [1.29, 1.82) is 0 Å². The van der Waals surface area contributed by atoms with Gasteiger partial charge in [-0.25, -0.2) is 9.59 Å². The average molecular weight is 305 g/mol. The maximum absolute atomic E-state index is 11.5. The number of hydrogen-bond acceptors (Lipinski definition) is 4. The molecule has 0 bridgehead atoms. The molecule has 22 heavy (non-hydrogen) atoms. The minimum atomic E-state index is -1.63. The van der Waals surface area contributed by atoms with Gasteiger partial charge in [-0.05, 0) is 12.5 Å². The number of ether oxygens (including phenoxy) is 1. The van der Waals surface area contributed by atoms with Gasteiger partial charge in [0.25, 0.3) is 5.78 Å². The maximum atomic E-state index is 11.5. The average Bonchev–Trinajstić information content (AvgIpc) is 2.46. The van der Waals surface area contributed by atoms with E-state index in [-0.39, 0.29) is 13.0 Å². The van der Waals surface area contributed by atoms with Crippen LogP contribution in [0.15, 0.2) is 30.3 Å². The van der Waals surface area contributed by atoms with E-state index in [0.717, 1.165) is 5.56 Å². The zero-order valence-corrected chi connectivity index (χ0v) is 11.9. The third-order valence-electron chi connectivity index (χ3n) is 2.64. The van der Waals surface area contributed by atoms with Crippen LogP contribution in [0.3, 0.4) is 0 Å². The van der Waals surface area contributed by atoms with E-state index in [2.05, 4.69) is 10.1 Å². The molecule has 0 spiro atoms. The molecule has 0 aliphatic rings. The van der Waals surface area contributed by atoms with E-state index < -0.39 is 29.6 Å². The molecule has 1 amide bonds. The van der Waals surface area contributed by atoms with Crippen molar-refractivity contribution in [3.8, 4) is 0 Å². The molecule has 0 saturated heterocycles. The Morgan fingerprint density at radius 3 is 2.50 bits per heavy atom. The SMILES string of the molecule is CC(CC(=O)C(=[N+]=[N-])C(=O)O)NC(=O)OCc1ccccc1. The van der Waals surface area contributed by atoms with Crippen molar-refractivity contribution in [2.75, 3.05) is 0 Å². The largest absolute Gasteiger partial charge is 0.472 e. The Balaban J connectivity index is 2.43. The van der Waals surface area contributed by atoms with Gasteiger partial charge in [0.2, 0.25) is 0 Å². The molecular weight excluding hydrogens is 290 g/mol. The smallest absolute Gasteiger partial charge is 0.441 e. The number of hydrogen-bond donors (Lipinski definition) is 2. The lowest BCUT2D eigenvalue weighted by atomic mass is 10.1. The standard InChI is InChI=1S/C14H15N3O5/c1-9(7-11(18)12(17-15)13(19)20)16-14(21)22-8-10-5-3-2-4-6-10/h2-6,9H,7-8H2,1H3,(H,16,21)(H,19,20). The Morgan fingerprint density at radius 2 is 1.95 bits per heavy atom. The number of rotatable bonds is 7. The van der Waals surface area contributed by atoms with Crippen molar-refractivity contribution in [2.45, 2.75) is 26.0 Å². The summed E-state index contributed by atoms with van der Waals surface area (Å²) in [4.78, 5) is 36.1. The van der Waals surface area contributed by atoms with Crippen LogP contribution in [-0.2, 0) is 20.9 Å². The lowest BCUT2D eigenvalue weighted by molar-refractivity contribution is -0.136. The topological polar surface area (TPSA) is 129 Å². The number of nitrogens with zero attached hydrogens (tertiary/aromatic N) is 2. The lowest BCUT2D eigenvalue weighted by Gasteiger charge is -2.12. The number of nitrogens with one attached hydrogen (secondary N) is 1. The Labute approximate surface area is 126 Å². The highest BCUT2D eigenvalue weighted by molar-refractivity contribution is 6.61. The number of benzene rings is 1. The minimum absolute atomic E-state index is 0.0752. The third kappa shape index (κ3) is 5.56. The van der Waals surface area contributed by atoms with Gasteiger partial charge in [0.1, 0.15) is 6.61 Å². The molecule has 0 heterocycles. The van der Waals surface area contributed by atoms with Crippen LogP contribution in [-0.4, -0.2) is 39.5 Å². The first kappa shape index (κ1) is 17.1. The van der Waals surface area contributed by atoms with E-state index in [1.807, 2.05) is 6.07 Å². The Bertz CT molecular complexity index is 608. The molecule has 116 valence electrons. The van der Waals surface area contributed by atoms with Crippen LogP contribution in [0.1, 0.15) is 18.9 Å². The summed E-state index contributed by atoms with van der Waals surface area (Å²) in [6.07, 6.45) is -1.06. The predicted octanol–water partition coefficient (Wildman–Crippen LogP) is 1.02. The van der Waals surface area contributed by atoms with Gasteiger partial charge in [-0.1, -0.05) is 30.3 Å². The van der Waals surface area contributed by atoms with E-state index in [1.54, 1.807) is 24.3 Å². The summed E-state index contributed by atoms with van der Waals surface area (Å²) in [6.45, 7) is 1.57. The first-order chi connectivity index (χ1) is 10.4. The van der Waals surface area contributed by atoms with Crippen molar-refractivity contribution in [3.63, 3.8) is 0 Å². The van der Waals surface area contributed by atoms with Gasteiger partial charge in [0.05, 0.1) is 0 Å². The van der Waals surface area contributed by atoms with Gasteiger partial charge in [0.15, 0.2) is 0 Å². The van der Waals surface area contributed by atoms with Gasteiger partial charge in [-0.3, -0.25) is 4.79 Å². The number of carbonyl (C=O) groups is 3. The number of aliphatic carboxylic acids is 1. The zero-order valence-electron chi connectivity index (χ0n) is 11.9. The van der Waals surface area contributed by atoms with Crippen molar-refractivity contribution in [1.82, 2.24) is 5.32 Å². The molecule has 0 saturated carbocycles. The van der Waals surface area contributed by atoms with Gasteiger partial charge in [-0.15, -0.1) is 0 Å². The number of ketones is 1. The Hall–Kier alpha value is -2.99. The molecule has 1 aromatic carbocycles. The van der Waals surface area contributed by atoms with Crippen molar-refractivity contribution in [2.24, 2.45) is 0 Å². The Kier molecular flexibility index (Phi) is 6.46. The molecule has 0 aliphatic carbocycles. The van der Waals surface area contributed by atoms with E-state index in [0.29, 0.717) is 0 Å². The molecule has 1 aromatic rings. The number of Topliss-reactive ketones (excluding diaryl/α,β-unsaturated/α-hetero) is 1. The molecule has 1 rings (SSSR count). The molecule has 8 nitrogen and oxygen atoms in total. The molecule has 0 fully saturated rings. The van der Waals surface area contributed by atoms with Crippen LogP contribution in [0.4, 0.5) is 4.79 Å². The van der Waals surface area contributed by atoms with Gasteiger partial charge >= 0.3 is 17.8 Å². The summed E-state index contributed by atoms with van der Waals surface area (Å²) >= 11 is 0. The van der Waals surface area contributed by atoms with E-state index in [1.165, 1.54) is 6.92 Å². The molecule has 0 aliphatic heterocycles. The molecule has 0 aromatic heterocycles. The highest BCUT2D eigenvalue weighted by atomic mass is 16.5. The quantitative estimate of drug-likeness (QED) is 0.336. The molecule has 1 atom stereocenters. The number of carboxylic acids is 1. The lowest BCUT2D eigenvalue weighted by Crippen LogP contribution is -2.37. The highest BCUT2D eigenvalue weighted by Gasteiger charge is 2.30. The van der Waals surface area contributed by atoms with Gasteiger partial charge < -0.3 is 20.7 Å². The van der Waals surface area contributed by atoms with Crippen LogP contribution < -0.4 is 5.32 Å². The summed E-state index contributed by atoms with van der Waals surface area (Å²) in [5.74, 6) is -2.53. The molecule has 8 heteroatoms. The van der Waals surface area contributed by atoms with Crippen molar-refractivity contribution < 1.29 is 29.0 Å². The first-order valence-electron chi connectivity index (χ1n) is 6.39. The molecule has 0 radical (unpaired) electrons. The van der Waals surface area contributed by atoms with Gasteiger partial charge in [-0.2, -0.15) is 4.79 Å². The highest BCUT2D eigenvalue weighted by Crippen LogP contribution is 2.01. The summed E-state index contributed by atoms with van der Waals surface area (Å²) < 4.78 is 4.96. The fraction of sp³-hybridized carbons (Fsp3) is 0.286. The van der Waals surface area contributed by atoms with Crippen molar-refractivity contribution >= 4 is 23.6 Å². The second-order valence-electron chi connectivity index (χ2n) is 4.49. The maximum Gasteiger partial charge on any atom is 0.441 e. The summed E-state index contributed by atoms with van der Waals surface area (Å²) in [6, 6.07) is 8.35. The monoisotopic (exact) mass is 305 g/mol. The second kappa shape index (κ2) is 8.33. The number of carbonyl (C=O) groups excluding carboxylic acids is 2. The van der Waals surface area contributed by atoms with Crippen molar-refractivity contribution in [3.05, 3.63) is 41.4 Å². The minimum Gasteiger partial charge on any atom is -0.472 e. The summed E-state index contributed by atoms with van der Waals surface area (Å²) in [5, 5.41) is 11.0. The van der Waals surface area contributed by atoms with Crippen LogP contribution in [0.25, 0.3) is 5.53 Å². The Morgan fingerprint density at radius 1 is 1.32 bits per heavy atom. The first-order valence-corrected chi connectivity index (χ1v) is 6.39. The fourth-order valence-electron chi connectivity index (χ4n) is 1.61. The van der Waals surface area contributed by atoms with Crippen LogP contribution in [0.5, 0.6) is 0 Å². The van der Waals surface area contributed by atoms with E-state index >= 15 is 0 Å². The van der Waals surface area contributed by atoms with E-state index in [9.17, 15) is 14.4 Å². The molecule has 2 N–H and O–H groups in total. The fourth-order valence-corrected chi connectivity index (χ4v) is 1.61. The summed E-state index contributed by atoms with van der Waals surface area (Å²) in [7, 11) is 0. The number of alkyl carbamates (subject to hydrolysis) is 1. The predicted molar refractivity (Wildman–Crippen MR) is 75.1 cm³/mol. The normalized spacial score (nSPS) is 11.0. The van der Waals surface area contributed by atoms with E-state index in [4.69, 9.17) is 15.4 Å². The van der Waals surface area contributed by atoms with Gasteiger partial charge in [0, 0.05) is 12.5 Å². The number of amides is 1. The molecular formula is C14H15N3O5. The zero-order chi connectivity index (χ0) is 16.5. The van der Waals surface area contributed by atoms with Crippen LogP contribution in [0, 0.1) is 0 Å². The van der Waals surface area contributed by atoms with Crippen LogP contribution in [0.2, 0.25) is 0 Å². The molecule has 1 unspecified atom stereocenters. The number of carboxylic acid groups (broad SMARTS) is 1. The summed E-state index contributed by atoms with van der Waals surface area (Å²) in [5.41, 5.74) is 8.27.